The number of rotatable bonds is 7. The number of hydrogen-bond donors (Lipinski definition) is 1. The minimum absolute atomic E-state index is 0.0390. The lowest BCUT2D eigenvalue weighted by molar-refractivity contribution is -0.123. The fourth-order valence-corrected chi connectivity index (χ4v) is 4.49. The van der Waals surface area contributed by atoms with Crippen molar-refractivity contribution in [1.29, 1.82) is 0 Å². The summed E-state index contributed by atoms with van der Waals surface area (Å²) in [5.41, 5.74) is 2.59. The number of nitrogens with one attached hydrogen (secondary N) is 1. The number of ether oxygens (including phenoxy) is 2. The maximum Gasteiger partial charge on any atom is 0.338 e. The predicted molar refractivity (Wildman–Crippen MR) is 118 cm³/mol. The number of esters is 1. The van der Waals surface area contributed by atoms with Crippen LogP contribution in [0.25, 0.3) is 16.8 Å². The van der Waals surface area contributed by atoms with Crippen LogP contribution in [0.3, 0.4) is 0 Å². The van der Waals surface area contributed by atoms with Gasteiger partial charge < -0.3 is 14.8 Å². The van der Waals surface area contributed by atoms with Gasteiger partial charge in [-0.25, -0.2) is 18.2 Å². The lowest BCUT2D eigenvalue weighted by Crippen LogP contribution is -2.38. The van der Waals surface area contributed by atoms with Gasteiger partial charge in [-0.1, -0.05) is 6.07 Å². The number of methoxy groups -OCH3 is 1. The Balaban J connectivity index is 1.52. The van der Waals surface area contributed by atoms with Gasteiger partial charge in [0.05, 0.1) is 18.4 Å². The molecule has 0 bridgehead atoms. The maximum absolute atomic E-state index is 12.9. The number of carbonyl (C=O) groups is 2. The molecule has 172 valence electrons. The minimum atomic E-state index is -3.18. The summed E-state index contributed by atoms with van der Waals surface area (Å²) >= 11 is 0. The first-order chi connectivity index (χ1) is 15.7. The molecule has 0 saturated heterocycles. The summed E-state index contributed by atoms with van der Waals surface area (Å²) in [5.74, 6) is 0.0791. The van der Waals surface area contributed by atoms with E-state index in [4.69, 9.17) is 14.5 Å². The SMILES string of the molecule is COc1ccc(-c2ccc3c(c2)COC3=O)c2nc(C3(C(=O)NCCS(C)(=O)=O)CC3)nn12. The molecule has 1 saturated carbocycles. The molecule has 3 heterocycles. The van der Waals surface area contributed by atoms with Crippen molar-refractivity contribution >= 4 is 27.4 Å². The average Bonchev–Trinajstić information content (AvgIpc) is 3.33. The van der Waals surface area contributed by atoms with Crippen LogP contribution in [-0.2, 0) is 31.4 Å². The van der Waals surface area contributed by atoms with Gasteiger partial charge >= 0.3 is 5.97 Å². The molecular weight excluding hydrogens is 448 g/mol. The molecule has 3 aromatic rings. The second-order valence-corrected chi connectivity index (χ2v) is 10.6. The number of nitrogens with zero attached hydrogens (tertiary/aromatic N) is 3. The second-order valence-electron chi connectivity index (χ2n) is 8.38. The molecule has 0 unspecified atom stereocenters. The summed E-state index contributed by atoms with van der Waals surface area (Å²) < 4.78 is 34.9. The van der Waals surface area contributed by atoms with Crippen LogP contribution in [-0.4, -0.2) is 60.6 Å². The monoisotopic (exact) mass is 470 g/mol. The Kier molecular flexibility index (Phi) is 4.89. The largest absolute Gasteiger partial charge is 0.481 e. The molecule has 33 heavy (non-hydrogen) atoms. The lowest BCUT2D eigenvalue weighted by atomic mass is 10.0. The number of hydrogen-bond acceptors (Lipinski definition) is 8. The van der Waals surface area contributed by atoms with Crippen molar-refractivity contribution in [2.45, 2.75) is 24.9 Å². The molecule has 10 nitrogen and oxygen atoms in total. The summed E-state index contributed by atoms with van der Waals surface area (Å²) in [4.78, 5) is 29.4. The number of cyclic esters (lactones) is 1. The summed E-state index contributed by atoms with van der Waals surface area (Å²) in [7, 11) is -1.65. The molecule has 1 N–H and O–H groups in total. The average molecular weight is 471 g/mol. The molecule has 1 aromatic carbocycles. The van der Waals surface area contributed by atoms with Crippen LogP contribution >= 0.6 is 0 Å². The molecule has 0 radical (unpaired) electrons. The topological polar surface area (TPSA) is 129 Å². The first-order valence-electron chi connectivity index (χ1n) is 10.4. The number of amides is 1. The van der Waals surface area contributed by atoms with Crippen molar-refractivity contribution in [3.05, 3.63) is 47.3 Å². The van der Waals surface area contributed by atoms with Gasteiger partial charge in [-0.2, -0.15) is 4.52 Å². The smallest absolute Gasteiger partial charge is 0.338 e. The number of carbonyl (C=O) groups excluding carboxylic acids is 2. The zero-order valence-corrected chi connectivity index (χ0v) is 18.9. The van der Waals surface area contributed by atoms with E-state index in [1.165, 1.54) is 7.11 Å². The third kappa shape index (κ3) is 3.71. The zero-order valence-electron chi connectivity index (χ0n) is 18.1. The van der Waals surface area contributed by atoms with Crippen LogP contribution in [0.4, 0.5) is 0 Å². The number of aromatic nitrogens is 3. The lowest BCUT2D eigenvalue weighted by Gasteiger charge is -2.11. The van der Waals surface area contributed by atoms with E-state index in [1.54, 1.807) is 16.6 Å². The van der Waals surface area contributed by atoms with E-state index >= 15 is 0 Å². The predicted octanol–water partition coefficient (Wildman–Crippen LogP) is 1.27. The fraction of sp³-hybridized carbons (Fsp3) is 0.364. The minimum Gasteiger partial charge on any atom is -0.481 e. The van der Waals surface area contributed by atoms with Crippen molar-refractivity contribution < 1.29 is 27.5 Å². The van der Waals surface area contributed by atoms with Crippen molar-refractivity contribution in [1.82, 2.24) is 19.9 Å². The van der Waals surface area contributed by atoms with E-state index in [2.05, 4.69) is 10.4 Å². The van der Waals surface area contributed by atoms with E-state index in [-0.39, 0.29) is 30.8 Å². The number of fused-ring (bicyclic) bond motifs is 2. The number of sulfone groups is 1. The van der Waals surface area contributed by atoms with Crippen molar-refractivity contribution in [3.63, 3.8) is 0 Å². The van der Waals surface area contributed by atoms with Crippen molar-refractivity contribution in [3.8, 4) is 17.0 Å². The van der Waals surface area contributed by atoms with Crippen LogP contribution in [0.5, 0.6) is 5.88 Å². The molecule has 2 aromatic heterocycles. The van der Waals surface area contributed by atoms with Crippen LogP contribution in [0.2, 0.25) is 0 Å². The van der Waals surface area contributed by atoms with Crippen LogP contribution in [0.1, 0.15) is 34.6 Å². The third-order valence-corrected chi connectivity index (χ3v) is 6.97. The zero-order chi connectivity index (χ0) is 23.4. The first-order valence-corrected chi connectivity index (χ1v) is 12.5. The van der Waals surface area contributed by atoms with Crippen molar-refractivity contribution in [2.75, 3.05) is 25.7 Å². The van der Waals surface area contributed by atoms with Crippen LogP contribution < -0.4 is 10.1 Å². The highest BCUT2D eigenvalue weighted by atomic mass is 32.2. The Labute approximate surface area is 189 Å². The molecule has 1 aliphatic heterocycles. The number of benzene rings is 1. The first kappa shape index (κ1) is 21.4. The highest BCUT2D eigenvalue weighted by Crippen LogP contribution is 2.47. The second kappa shape index (κ2) is 7.55. The van der Waals surface area contributed by atoms with Gasteiger partial charge in [0.15, 0.2) is 11.5 Å². The van der Waals surface area contributed by atoms with Gasteiger partial charge in [-0.05, 0) is 36.6 Å². The van der Waals surface area contributed by atoms with Gasteiger partial charge in [0, 0.05) is 30.0 Å². The quantitative estimate of drug-likeness (QED) is 0.511. The summed E-state index contributed by atoms with van der Waals surface area (Å²) in [6.45, 7) is 0.264. The molecule has 1 aliphatic carbocycles. The molecular formula is C22H22N4O6S. The molecule has 2 aliphatic rings. The Hall–Kier alpha value is -3.47. The van der Waals surface area contributed by atoms with Crippen LogP contribution in [0.15, 0.2) is 30.3 Å². The maximum atomic E-state index is 12.9. The molecule has 1 amide bonds. The van der Waals surface area contributed by atoms with Crippen LogP contribution in [0, 0.1) is 0 Å². The molecule has 5 rings (SSSR count). The van der Waals surface area contributed by atoms with Gasteiger partial charge in [-0.3, -0.25) is 4.79 Å². The van der Waals surface area contributed by atoms with E-state index in [0.29, 0.717) is 35.8 Å². The normalized spacial score (nSPS) is 16.4. The Morgan fingerprint density at radius 2 is 2.00 bits per heavy atom. The summed E-state index contributed by atoms with van der Waals surface area (Å²) in [6, 6.07) is 9.07. The molecule has 0 spiro atoms. The highest BCUT2D eigenvalue weighted by Gasteiger charge is 2.54. The van der Waals surface area contributed by atoms with E-state index in [1.807, 2.05) is 18.2 Å². The Bertz CT molecular complexity index is 1410. The van der Waals surface area contributed by atoms with Gasteiger partial charge in [0.25, 0.3) is 0 Å². The molecule has 1 fully saturated rings. The highest BCUT2D eigenvalue weighted by molar-refractivity contribution is 7.90. The van der Waals surface area contributed by atoms with Gasteiger partial charge in [0.1, 0.15) is 21.9 Å². The molecule has 0 atom stereocenters. The Morgan fingerprint density at radius 1 is 1.24 bits per heavy atom. The standard InChI is InChI=1S/C22H22N4O6S/c1-31-17-6-5-15(13-3-4-16-14(11-13)12-32-19(16)27)18-24-20(25-26(17)18)22(7-8-22)21(28)23-9-10-33(2,29)30/h3-6,11H,7-10,12H2,1-2H3,(H,23,28). The van der Waals surface area contributed by atoms with E-state index < -0.39 is 15.3 Å². The van der Waals surface area contributed by atoms with Gasteiger partial charge in [-0.15, -0.1) is 5.10 Å². The van der Waals surface area contributed by atoms with E-state index in [0.717, 1.165) is 22.9 Å². The van der Waals surface area contributed by atoms with Crippen molar-refractivity contribution in [2.24, 2.45) is 0 Å². The summed E-state index contributed by atoms with van der Waals surface area (Å²) in [6.07, 6.45) is 2.28. The van der Waals surface area contributed by atoms with Gasteiger partial charge in [0.2, 0.25) is 11.8 Å². The molecule has 11 heteroatoms. The number of pyridine rings is 1. The fourth-order valence-electron chi connectivity index (χ4n) is 4.02. The third-order valence-electron chi connectivity index (χ3n) is 6.02. The summed E-state index contributed by atoms with van der Waals surface area (Å²) in [5, 5.41) is 7.30. The Morgan fingerprint density at radius 3 is 2.70 bits per heavy atom. The van der Waals surface area contributed by atoms with E-state index in [9.17, 15) is 18.0 Å².